The molecule has 4 rings (SSSR count). The molecule has 0 aliphatic heterocycles. The molecule has 0 amide bonds. The number of benzene rings is 3. The van der Waals surface area contributed by atoms with Crippen LogP contribution < -0.4 is 4.42 Å². The van der Waals surface area contributed by atoms with Gasteiger partial charge in [-0.15, -0.1) is 0 Å². The first kappa shape index (κ1) is 13.1. The van der Waals surface area contributed by atoms with Crippen LogP contribution in [0.4, 0.5) is 11.4 Å². The Kier molecular flexibility index (Phi) is 3.17. The van der Waals surface area contributed by atoms with Crippen molar-refractivity contribution in [1.82, 2.24) is 4.98 Å². The minimum absolute atomic E-state index is 0.936. The lowest BCUT2D eigenvalue weighted by atomic mass is 10.1. The van der Waals surface area contributed by atoms with Gasteiger partial charge in [0.25, 0.3) is 0 Å². The monoisotopic (exact) mass is 304 g/mol. The third kappa shape index (κ3) is 2.09. The van der Waals surface area contributed by atoms with E-state index in [1.54, 1.807) is 4.42 Å². The van der Waals surface area contributed by atoms with E-state index in [-0.39, 0.29) is 0 Å². The average Bonchev–Trinajstić information content (AvgIpc) is 2.60. The van der Waals surface area contributed by atoms with Gasteiger partial charge in [-0.3, -0.25) is 4.42 Å². The number of hydrogen-bond acceptors (Lipinski definition) is 2. The van der Waals surface area contributed by atoms with Gasteiger partial charge in [-0.2, -0.15) is 0 Å². The second-order valence-electron chi connectivity index (χ2n) is 5.11. The highest BCUT2D eigenvalue weighted by Gasteiger charge is 2.15. The Morgan fingerprint density at radius 2 is 1.14 bits per heavy atom. The van der Waals surface area contributed by atoms with Gasteiger partial charge < -0.3 is 0 Å². The van der Waals surface area contributed by atoms with Gasteiger partial charge in [-0.05, 0) is 24.3 Å². The third-order valence-electron chi connectivity index (χ3n) is 3.74. The summed E-state index contributed by atoms with van der Waals surface area (Å²) in [5.41, 5.74) is 3.79. The minimum Gasteiger partial charge on any atom is -0.252 e. The van der Waals surface area contributed by atoms with E-state index in [1.165, 1.54) is 0 Å². The summed E-state index contributed by atoms with van der Waals surface area (Å²) in [6.45, 7) is 0. The number of aromatic nitrogens is 1. The maximum absolute atomic E-state index is 6.70. The van der Waals surface area contributed by atoms with Crippen LogP contribution in [0.1, 0.15) is 0 Å². The predicted molar refractivity (Wildman–Crippen MR) is 93.7 cm³/mol. The van der Waals surface area contributed by atoms with E-state index in [9.17, 15) is 0 Å². The van der Waals surface area contributed by atoms with Crippen LogP contribution >= 0.6 is 11.8 Å². The lowest BCUT2D eigenvalue weighted by molar-refractivity contribution is 1.43. The van der Waals surface area contributed by atoms with Gasteiger partial charge in [0, 0.05) is 22.5 Å². The van der Waals surface area contributed by atoms with E-state index in [4.69, 9.17) is 16.8 Å². The lowest BCUT2D eigenvalue weighted by Gasteiger charge is -2.20. The molecule has 22 heavy (non-hydrogen) atoms. The van der Waals surface area contributed by atoms with Crippen molar-refractivity contribution in [2.45, 2.75) is 0 Å². The molecule has 0 atom stereocenters. The second-order valence-corrected chi connectivity index (χ2v) is 5.45. The molecule has 3 heteroatoms. The van der Waals surface area contributed by atoms with E-state index in [0.717, 1.165) is 33.2 Å². The summed E-state index contributed by atoms with van der Waals surface area (Å²) in [6, 6.07) is 26.1. The summed E-state index contributed by atoms with van der Waals surface area (Å²) in [5, 5.41) is 2.08. The lowest BCUT2D eigenvalue weighted by Crippen LogP contribution is -2.04. The molecular formula is C19H13ClN2. The van der Waals surface area contributed by atoms with Crippen LogP contribution in [0.3, 0.4) is 0 Å². The Labute approximate surface area is 133 Å². The van der Waals surface area contributed by atoms with E-state index in [0.29, 0.717) is 0 Å². The van der Waals surface area contributed by atoms with Crippen LogP contribution in [0.15, 0.2) is 78.9 Å². The number of halogens is 1. The van der Waals surface area contributed by atoms with Crippen LogP contribution in [0.2, 0.25) is 0 Å². The fourth-order valence-corrected chi connectivity index (χ4v) is 3.01. The number of hydrogen-bond donors (Lipinski definition) is 0. The third-order valence-corrected chi connectivity index (χ3v) is 4.10. The molecular weight excluding hydrogens is 292 g/mol. The van der Waals surface area contributed by atoms with Crippen LogP contribution in [-0.2, 0) is 0 Å². The van der Waals surface area contributed by atoms with Crippen LogP contribution in [0.5, 0.6) is 0 Å². The summed E-state index contributed by atoms with van der Waals surface area (Å²) in [7, 11) is 0. The molecule has 0 unspecified atom stereocenters. The Bertz CT molecular complexity index is 897. The summed E-state index contributed by atoms with van der Waals surface area (Å²) in [6.07, 6.45) is 0. The molecule has 0 saturated carbocycles. The number of nitrogens with zero attached hydrogens (tertiary/aromatic N) is 2. The molecule has 106 valence electrons. The first-order valence-electron chi connectivity index (χ1n) is 7.13. The van der Waals surface area contributed by atoms with Gasteiger partial charge in [-0.25, -0.2) is 4.98 Å². The molecule has 0 fully saturated rings. The molecule has 0 N–H and O–H groups in total. The summed E-state index contributed by atoms with van der Waals surface area (Å²) >= 11 is 6.70. The molecule has 4 aromatic rings. The molecule has 0 saturated heterocycles. The molecule has 0 spiro atoms. The molecule has 0 radical (unpaired) electrons. The van der Waals surface area contributed by atoms with Crippen molar-refractivity contribution in [2.75, 3.05) is 4.42 Å². The van der Waals surface area contributed by atoms with Crippen LogP contribution in [-0.4, -0.2) is 4.98 Å². The van der Waals surface area contributed by atoms with E-state index >= 15 is 0 Å². The average molecular weight is 305 g/mol. The summed E-state index contributed by atoms with van der Waals surface area (Å²) in [4.78, 5) is 4.73. The molecule has 3 aromatic carbocycles. The highest BCUT2D eigenvalue weighted by molar-refractivity contribution is 6.33. The maximum Gasteiger partial charge on any atom is 0.0769 e. The normalized spacial score (nSPS) is 11.0. The molecule has 1 heterocycles. The maximum atomic E-state index is 6.70. The number of anilines is 2. The number of fused-ring (bicyclic) bond motifs is 2. The van der Waals surface area contributed by atoms with Crippen molar-refractivity contribution in [3.05, 3.63) is 78.9 Å². The topological polar surface area (TPSA) is 16.1 Å². The zero-order chi connectivity index (χ0) is 14.9. The molecule has 0 aliphatic carbocycles. The number of para-hydroxylation sites is 3. The smallest absolute Gasteiger partial charge is 0.0769 e. The van der Waals surface area contributed by atoms with Gasteiger partial charge in [0.1, 0.15) is 0 Å². The largest absolute Gasteiger partial charge is 0.252 e. The zero-order valence-corrected chi connectivity index (χ0v) is 12.5. The molecule has 1 aromatic heterocycles. The fraction of sp³-hybridized carbons (Fsp3) is 0. The van der Waals surface area contributed by atoms with Crippen molar-refractivity contribution in [3.63, 3.8) is 0 Å². The Balaban J connectivity index is 2.08. The van der Waals surface area contributed by atoms with E-state index in [2.05, 4.69) is 12.1 Å². The number of pyridine rings is 1. The van der Waals surface area contributed by atoms with Gasteiger partial charge in [0.2, 0.25) is 0 Å². The Morgan fingerprint density at radius 1 is 0.636 bits per heavy atom. The van der Waals surface area contributed by atoms with Crippen molar-refractivity contribution in [1.29, 1.82) is 0 Å². The van der Waals surface area contributed by atoms with Crippen molar-refractivity contribution >= 4 is 45.0 Å². The van der Waals surface area contributed by atoms with Gasteiger partial charge in [-0.1, -0.05) is 54.6 Å². The minimum atomic E-state index is 0.936. The van der Waals surface area contributed by atoms with Gasteiger partial charge >= 0.3 is 0 Å². The highest BCUT2D eigenvalue weighted by atomic mass is 35.5. The highest BCUT2D eigenvalue weighted by Crippen LogP contribution is 2.38. The fourth-order valence-electron chi connectivity index (χ4n) is 2.72. The first-order chi connectivity index (χ1) is 10.8. The van der Waals surface area contributed by atoms with Crippen molar-refractivity contribution in [3.8, 4) is 0 Å². The standard InChI is InChI=1S/C19H13ClN2/c20-22(14-8-2-1-3-9-14)19-15-10-4-6-12-17(15)21-18-13-7-5-11-16(18)19/h1-13H. The molecule has 0 aliphatic rings. The summed E-state index contributed by atoms with van der Waals surface area (Å²) < 4.78 is 1.71. The molecule has 0 bridgehead atoms. The summed E-state index contributed by atoms with van der Waals surface area (Å²) in [5.74, 6) is 0. The van der Waals surface area contributed by atoms with Gasteiger partial charge in [0.15, 0.2) is 0 Å². The Morgan fingerprint density at radius 3 is 1.73 bits per heavy atom. The van der Waals surface area contributed by atoms with Crippen molar-refractivity contribution in [2.24, 2.45) is 0 Å². The number of rotatable bonds is 2. The van der Waals surface area contributed by atoms with E-state index in [1.807, 2.05) is 66.7 Å². The van der Waals surface area contributed by atoms with Crippen LogP contribution in [0.25, 0.3) is 21.8 Å². The zero-order valence-electron chi connectivity index (χ0n) is 11.8. The first-order valence-corrected chi connectivity index (χ1v) is 7.47. The van der Waals surface area contributed by atoms with Gasteiger partial charge in [0.05, 0.1) is 22.4 Å². The van der Waals surface area contributed by atoms with Crippen molar-refractivity contribution < 1.29 is 0 Å². The molecule has 2 nitrogen and oxygen atoms in total. The van der Waals surface area contributed by atoms with Crippen LogP contribution in [0, 0.1) is 0 Å². The predicted octanol–water partition coefficient (Wildman–Crippen LogP) is 5.68. The second kappa shape index (κ2) is 5.32. The Hall–Kier alpha value is -2.58. The van der Waals surface area contributed by atoms with E-state index < -0.39 is 0 Å². The SMILES string of the molecule is ClN(c1ccccc1)c1c2ccccc2nc2ccccc12. The quantitative estimate of drug-likeness (QED) is 0.350.